The smallest absolute Gasteiger partial charge is 0.254 e. The summed E-state index contributed by atoms with van der Waals surface area (Å²) in [6.07, 6.45) is 1.30. The third-order valence-electron chi connectivity index (χ3n) is 3.71. The van der Waals surface area contributed by atoms with Crippen molar-refractivity contribution < 1.29 is 4.79 Å². The highest BCUT2D eigenvalue weighted by Gasteiger charge is 2.10. The Bertz CT molecular complexity index is 1100. The van der Waals surface area contributed by atoms with Crippen LogP contribution in [0.2, 0.25) is 10.0 Å². The lowest BCUT2D eigenvalue weighted by molar-refractivity contribution is -0.116. The minimum absolute atomic E-state index is 0.246. The number of benzene rings is 2. The molecule has 2 aromatic carbocycles. The third kappa shape index (κ3) is 4.53. The molecule has 0 radical (unpaired) electrons. The first-order valence-electron chi connectivity index (χ1n) is 7.78. The van der Waals surface area contributed by atoms with Crippen molar-refractivity contribution >= 4 is 34.8 Å². The zero-order chi connectivity index (χ0) is 19.4. The monoisotopic (exact) mass is 398 g/mol. The number of carbonyl (C=O) groups is 1. The molecule has 0 unspecified atom stereocenters. The number of nitrogens with one attached hydrogen (secondary N) is 1. The average Bonchev–Trinajstić information content (AvgIpc) is 2.64. The van der Waals surface area contributed by atoms with Gasteiger partial charge in [-0.3, -0.25) is 14.2 Å². The third-order valence-corrected chi connectivity index (χ3v) is 4.20. The number of halogens is 2. The predicted octanol–water partition coefficient (Wildman–Crippen LogP) is 3.73. The molecule has 27 heavy (non-hydrogen) atoms. The van der Waals surface area contributed by atoms with Crippen molar-refractivity contribution in [2.75, 3.05) is 5.32 Å². The van der Waals surface area contributed by atoms with Crippen LogP contribution in [0, 0.1) is 11.3 Å². The zero-order valence-electron chi connectivity index (χ0n) is 13.8. The maximum atomic E-state index is 12.3. The number of carbonyl (C=O) groups excluding carboxylic acids is 1. The highest BCUT2D eigenvalue weighted by atomic mass is 35.5. The van der Waals surface area contributed by atoms with Crippen LogP contribution in [0.1, 0.15) is 5.56 Å². The van der Waals surface area contributed by atoms with E-state index in [1.165, 1.54) is 29.1 Å². The molecular weight excluding hydrogens is 387 g/mol. The van der Waals surface area contributed by atoms with Crippen LogP contribution >= 0.6 is 23.2 Å². The summed E-state index contributed by atoms with van der Waals surface area (Å²) in [4.78, 5) is 28.7. The Morgan fingerprint density at radius 3 is 2.48 bits per heavy atom. The molecule has 1 aromatic heterocycles. The molecule has 0 saturated heterocycles. The van der Waals surface area contributed by atoms with Crippen molar-refractivity contribution in [3.63, 3.8) is 0 Å². The lowest BCUT2D eigenvalue weighted by Crippen LogP contribution is -2.27. The number of amides is 1. The second-order valence-electron chi connectivity index (χ2n) is 5.60. The number of anilines is 1. The Labute approximate surface area is 164 Å². The molecule has 0 spiro atoms. The van der Waals surface area contributed by atoms with E-state index < -0.39 is 5.91 Å². The number of aromatic nitrogens is 2. The Kier molecular flexibility index (Phi) is 5.55. The van der Waals surface area contributed by atoms with E-state index in [-0.39, 0.29) is 23.4 Å². The number of rotatable bonds is 4. The van der Waals surface area contributed by atoms with E-state index in [2.05, 4.69) is 10.3 Å². The van der Waals surface area contributed by atoms with Crippen molar-refractivity contribution in [1.82, 2.24) is 9.55 Å². The molecule has 0 saturated carbocycles. The van der Waals surface area contributed by atoms with Gasteiger partial charge in [-0.05, 0) is 30.3 Å². The SMILES string of the molecule is N#Cc1ccc(Cl)cc1NC(=O)Cn1cnc(-c2ccc(Cl)cc2)cc1=O. The highest BCUT2D eigenvalue weighted by Crippen LogP contribution is 2.20. The molecule has 134 valence electrons. The van der Waals surface area contributed by atoms with E-state index in [1.807, 2.05) is 6.07 Å². The lowest BCUT2D eigenvalue weighted by atomic mass is 10.1. The first kappa shape index (κ1) is 18.6. The van der Waals surface area contributed by atoms with Gasteiger partial charge in [0.05, 0.1) is 23.3 Å². The van der Waals surface area contributed by atoms with Crippen LogP contribution in [0.3, 0.4) is 0 Å². The second kappa shape index (κ2) is 8.04. The summed E-state index contributed by atoms with van der Waals surface area (Å²) in [5.41, 5.74) is 1.41. The van der Waals surface area contributed by atoms with Crippen LogP contribution in [0.15, 0.2) is 59.7 Å². The van der Waals surface area contributed by atoms with Gasteiger partial charge in [-0.25, -0.2) is 4.98 Å². The van der Waals surface area contributed by atoms with Crippen LogP contribution in [0.4, 0.5) is 5.69 Å². The van der Waals surface area contributed by atoms with Crippen molar-refractivity contribution in [3.8, 4) is 17.3 Å². The lowest BCUT2D eigenvalue weighted by Gasteiger charge is -2.09. The quantitative estimate of drug-likeness (QED) is 0.724. The molecule has 6 nitrogen and oxygen atoms in total. The molecule has 0 bridgehead atoms. The largest absolute Gasteiger partial charge is 0.323 e. The van der Waals surface area contributed by atoms with Crippen molar-refractivity contribution in [3.05, 3.63) is 80.8 Å². The summed E-state index contributed by atoms with van der Waals surface area (Å²) in [5.74, 6) is -0.475. The normalized spacial score (nSPS) is 10.3. The fourth-order valence-electron chi connectivity index (χ4n) is 2.39. The fraction of sp³-hybridized carbons (Fsp3) is 0.0526. The molecule has 1 amide bonds. The molecule has 0 aliphatic rings. The second-order valence-corrected chi connectivity index (χ2v) is 6.47. The van der Waals surface area contributed by atoms with E-state index >= 15 is 0 Å². The van der Waals surface area contributed by atoms with Gasteiger partial charge in [0, 0.05) is 21.7 Å². The maximum absolute atomic E-state index is 12.3. The van der Waals surface area contributed by atoms with Gasteiger partial charge in [-0.15, -0.1) is 0 Å². The summed E-state index contributed by atoms with van der Waals surface area (Å²) >= 11 is 11.7. The average molecular weight is 399 g/mol. The van der Waals surface area contributed by atoms with E-state index in [0.717, 1.165) is 5.56 Å². The van der Waals surface area contributed by atoms with Gasteiger partial charge in [-0.1, -0.05) is 35.3 Å². The topological polar surface area (TPSA) is 87.8 Å². The molecule has 0 atom stereocenters. The van der Waals surface area contributed by atoms with Crippen molar-refractivity contribution in [1.29, 1.82) is 5.26 Å². The molecular formula is C19H12Cl2N4O2. The van der Waals surface area contributed by atoms with E-state index in [0.29, 0.717) is 15.7 Å². The van der Waals surface area contributed by atoms with E-state index in [9.17, 15) is 9.59 Å². The number of nitriles is 1. The number of nitrogens with zero attached hydrogens (tertiary/aromatic N) is 3. The van der Waals surface area contributed by atoms with Crippen molar-refractivity contribution in [2.45, 2.75) is 6.54 Å². The van der Waals surface area contributed by atoms with Crippen LogP contribution in [0.5, 0.6) is 0 Å². The van der Waals surface area contributed by atoms with Gasteiger partial charge in [-0.2, -0.15) is 5.26 Å². The maximum Gasteiger partial charge on any atom is 0.254 e. The molecule has 1 heterocycles. The number of hydrogen-bond acceptors (Lipinski definition) is 4. The molecule has 3 rings (SSSR count). The summed E-state index contributed by atoms with van der Waals surface area (Å²) in [6, 6.07) is 14.8. The van der Waals surface area contributed by atoms with Crippen LogP contribution in [0.25, 0.3) is 11.3 Å². The van der Waals surface area contributed by atoms with Crippen LogP contribution in [-0.4, -0.2) is 15.5 Å². The first-order chi connectivity index (χ1) is 13.0. The van der Waals surface area contributed by atoms with Gasteiger partial charge in [0.25, 0.3) is 5.56 Å². The Hall–Kier alpha value is -3.14. The molecule has 1 N–H and O–H groups in total. The number of hydrogen-bond donors (Lipinski definition) is 1. The van der Waals surface area contributed by atoms with Crippen molar-refractivity contribution in [2.24, 2.45) is 0 Å². The molecule has 0 aliphatic heterocycles. The molecule has 8 heteroatoms. The Balaban J connectivity index is 1.77. The Morgan fingerprint density at radius 1 is 1.11 bits per heavy atom. The molecule has 3 aromatic rings. The van der Waals surface area contributed by atoms with Crippen LogP contribution < -0.4 is 10.9 Å². The minimum atomic E-state index is -0.475. The van der Waals surface area contributed by atoms with Gasteiger partial charge < -0.3 is 5.32 Å². The van der Waals surface area contributed by atoms with Crippen LogP contribution in [-0.2, 0) is 11.3 Å². The first-order valence-corrected chi connectivity index (χ1v) is 8.54. The fourth-order valence-corrected chi connectivity index (χ4v) is 2.68. The molecule has 0 aliphatic carbocycles. The van der Waals surface area contributed by atoms with E-state index in [1.54, 1.807) is 30.3 Å². The van der Waals surface area contributed by atoms with Gasteiger partial charge in [0.15, 0.2) is 0 Å². The van der Waals surface area contributed by atoms with Gasteiger partial charge in [0.1, 0.15) is 12.6 Å². The van der Waals surface area contributed by atoms with Gasteiger partial charge >= 0.3 is 0 Å². The standard InChI is InChI=1S/C19H12Cl2N4O2/c20-14-4-1-12(2-5-14)16-8-19(27)25(11-23-16)10-18(26)24-17-7-15(21)6-3-13(17)9-22/h1-8,11H,10H2,(H,24,26). The Morgan fingerprint density at radius 2 is 1.81 bits per heavy atom. The summed E-state index contributed by atoms with van der Waals surface area (Å²) in [5, 5.41) is 12.6. The highest BCUT2D eigenvalue weighted by molar-refractivity contribution is 6.31. The van der Waals surface area contributed by atoms with E-state index in [4.69, 9.17) is 28.5 Å². The van der Waals surface area contributed by atoms with Gasteiger partial charge in [0.2, 0.25) is 5.91 Å². The summed E-state index contributed by atoms with van der Waals surface area (Å²) < 4.78 is 1.17. The molecule has 0 fully saturated rings. The zero-order valence-corrected chi connectivity index (χ0v) is 15.3. The predicted molar refractivity (Wildman–Crippen MR) is 104 cm³/mol. The summed E-state index contributed by atoms with van der Waals surface area (Å²) in [6.45, 7) is -0.246. The summed E-state index contributed by atoms with van der Waals surface area (Å²) in [7, 11) is 0. The minimum Gasteiger partial charge on any atom is -0.323 e.